The van der Waals surface area contributed by atoms with E-state index in [1.165, 1.54) is 6.92 Å². The summed E-state index contributed by atoms with van der Waals surface area (Å²) in [6, 6.07) is 8.77. The molecular weight excluding hydrogens is 204 g/mol. The van der Waals surface area contributed by atoms with Gasteiger partial charge in [-0.1, -0.05) is 30.3 Å². The van der Waals surface area contributed by atoms with Gasteiger partial charge in [-0.3, -0.25) is 0 Å². The summed E-state index contributed by atoms with van der Waals surface area (Å²) < 4.78 is 5.17. The van der Waals surface area contributed by atoms with E-state index in [1.807, 2.05) is 6.07 Å². The van der Waals surface area contributed by atoms with Crippen molar-refractivity contribution in [3.8, 4) is 0 Å². The average molecular weight is 222 g/mol. The number of carbonyl (C=O) groups excluding carboxylic acids is 1. The van der Waals surface area contributed by atoms with E-state index in [0.717, 1.165) is 0 Å². The Bertz CT molecular complexity index is 361. The topological polar surface area (TPSA) is 46.5 Å². The quantitative estimate of drug-likeness (QED) is 0.780. The van der Waals surface area contributed by atoms with Gasteiger partial charge in [-0.25, -0.2) is 4.79 Å². The second-order valence-electron chi connectivity index (χ2n) is 4.94. The number of carbonyl (C=O) groups is 1. The molecule has 3 nitrogen and oxygen atoms in total. The largest absolute Gasteiger partial charge is 0.458 e. The van der Waals surface area contributed by atoms with Crippen molar-refractivity contribution in [2.75, 3.05) is 0 Å². The molecule has 0 amide bonds. The predicted octanol–water partition coefficient (Wildman–Crippen LogP) is 2.24. The highest BCUT2D eigenvalue weighted by molar-refractivity contribution is 5.80. The van der Waals surface area contributed by atoms with Crippen LogP contribution in [0.3, 0.4) is 0 Å². The molecule has 0 fully saturated rings. The minimum Gasteiger partial charge on any atom is -0.458 e. The van der Waals surface area contributed by atoms with Crippen molar-refractivity contribution in [2.24, 2.45) is 0 Å². The van der Waals surface area contributed by atoms with Gasteiger partial charge in [-0.05, 0) is 33.3 Å². The Balaban J connectivity index is 2.90. The lowest BCUT2D eigenvalue weighted by Gasteiger charge is -2.27. The second-order valence-corrected chi connectivity index (χ2v) is 4.94. The molecule has 1 rings (SSSR count). The van der Waals surface area contributed by atoms with E-state index in [0.29, 0.717) is 5.56 Å². The van der Waals surface area contributed by atoms with E-state index >= 15 is 0 Å². The first-order chi connectivity index (χ1) is 7.23. The predicted molar refractivity (Wildman–Crippen MR) is 61.9 cm³/mol. The van der Waals surface area contributed by atoms with Gasteiger partial charge in [0.25, 0.3) is 0 Å². The maximum absolute atomic E-state index is 11.8. The SMILES string of the molecule is CC(C)(C)OC(=O)[C@@](C)(O)c1ccccc1. The van der Waals surface area contributed by atoms with E-state index in [1.54, 1.807) is 45.0 Å². The fourth-order valence-corrected chi connectivity index (χ4v) is 1.26. The molecule has 1 N–H and O–H groups in total. The fraction of sp³-hybridized carbons (Fsp3) is 0.462. The molecule has 0 heterocycles. The lowest BCUT2D eigenvalue weighted by atomic mass is 9.96. The van der Waals surface area contributed by atoms with Gasteiger partial charge in [-0.15, -0.1) is 0 Å². The molecule has 1 atom stereocenters. The van der Waals surface area contributed by atoms with E-state index in [9.17, 15) is 9.90 Å². The Hall–Kier alpha value is -1.35. The molecule has 0 bridgehead atoms. The zero-order chi connectivity index (χ0) is 12.4. The van der Waals surface area contributed by atoms with Gasteiger partial charge < -0.3 is 9.84 Å². The van der Waals surface area contributed by atoms with Gasteiger partial charge in [0.15, 0.2) is 5.60 Å². The number of aliphatic hydroxyl groups is 1. The summed E-state index contributed by atoms with van der Waals surface area (Å²) in [6.07, 6.45) is 0. The number of benzene rings is 1. The van der Waals surface area contributed by atoms with E-state index in [-0.39, 0.29) is 0 Å². The monoisotopic (exact) mass is 222 g/mol. The minimum absolute atomic E-state index is 0.532. The number of ether oxygens (including phenoxy) is 1. The number of esters is 1. The highest BCUT2D eigenvalue weighted by Gasteiger charge is 2.36. The molecule has 16 heavy (non-hydrogen) atoms. The molecule has 0 aromatic heterocycles. The van der Waals surface area contributed by atoms with Gasteiger partial charge >= 0.3 is 5.97 Å². The van der Waals surface area contributed by atoms with Crippen molar-refractivity contribution in [1.82, 2.24) is 0 Å². The third kappa shape index (κ3) is 3.07. The first-order valence-electron chi connectivity index (χ1n) is 5.25. The van der Waals surface area contributed by atoms with Gasteiger partial charge in [0.1, 0.15) is 5.60 Å². The highest BCUT2D eigenvalue weighted by atomic mass is 16.6. The lowest BCUT2D eigenvalue weighted by Crippen LogP contribution is -2.38. The Labute approximate surface area is 96.1 Å². The molecule has 1 aromatic rings. The van der Waals surface area contributed by atoms with Crippen molar-refractivity contribution in [3.05, 3.63) is 35.9 Å². The van der Waals surface area contributed by atoms with Crippen molar-refractivity contribution < 1.29 is 14.6 Å². The zero-order valence-corrected chi connectivity index (χ0v) is 10.2. The van der Waals surface area contributed by atoms with Crippen LogP contribution in [0, 0.1) is 0 Å². The first-order valence-corrected chi connectivity index (χ1v) is 5.25. The van der Waals surface area contributed by atoms with Crippen LogP contribution in [0.1, 0.15) is 33.3 Å². The molecule has 0 saturated carbocycles. The highest BCUT2D eigenvalue weighted by Crippen LogP contribution is 2.24. The molecule has 1 aromatic carbocycles. The summed E-state index contributed by atoms with van der Waals surface area (Å²) in [7, 11) is 0. The first kappa shape index (κ1) is 12.7. The average Bonchev–Trinajstić information content (AvgIpc) is 2.16. The van der Waals surface area contributed by atoms with Crippen molar-refractivity contribution in [2.45, 2.75) is 38.9 Å². The van der Waals surface area contributed by atoms with Gasteiger partial charge in [-0.2, -0.15) is 0 Å². The summed E-state index contributed by atoms with van der Waals surface area (Å²) in [4.78, 5) is 11.8. The van der Waals surface area contributed by atoms with E-state index in [2.05, 4.69) is 0 Å². The number of rotatable bonds is 2. The standard InChI is InChI=1S/C13H18O3/c1-12(2,3)16-11(14)13(4,15)10-8-6-5-7-9-10/h5-9,15H,1-4H3/t13-/m0/s1. The van der Waals surface area contributed by atoms with Crippen molar-refractivity contribution in [3.63, 3.8) is 0 Å². The van der Waals surface area contributed by atoms with Gasteiger partial charge in [0, 0.05) is 0 Å². The number of hydrogen-bond donors (Lipinski definition) is 1. The molecule has 0 aliphatic carbocycles. The van der Waals surface area contributed by atoms with Crippen LogP contribution in [0.15, 0.2) is 30.3 Å². The Morgan fingerprint density at radius 3 is 2.06 bits per heavy atom. The fourth-order valence-electron chi connectivity index (χ4n) is 1.26. The summed E-state index contributed by atoms with van der Waals surface area (Å²) in [5.41, 5.74) is -1.67. The Morgan fingerprint density at radius 2 is 1.62 bits per heavy atom. The molecular formula is C13H18O3. The van der Waals surface area contributed by atoms with Crippen LogP contribution in [0.2, 0.25) is 0 Å². The summed E-state index contributed by atoms with van der Waals surface area (Å²) in [5, 5.41) is 10.1. The molecule has 88 valence electrons. The van der Waals surface area contributed by atoms with E-state index in [4.69, 9.17) is 4.74 Å². The third-order valence-corrected chi connectivity index (χ3v) is 2.13. The maximum Gasteiger partial charge on any atom is 0.343 e. The second kappa shape index (κ2) is 4.26. The van der Waals surface area contributed by atoms with Crippen LogP contribution < -0.4 is 0 Å². The van der Waals surface area contributed by atoms with Crippen LogP contribution in [0.25, 0.3) is 0 Å². The molecule has 0 aliphatic heterocycles. The Morgan fingerprint density at radius 1 is 1.12 bits per heavy atom. The van der Waals surface area contributed by atoms with Gasteiger partial charge in [0.2, 0.25) is 0 Å². The van der Waals surface area contributed by atoms with Crippen LogP contribution in [0.4, 0.5) is 0 Å². The molecule has 0 saturated heterocycles. The normalized spacial score (nSPS) is 15.3. The maximum atomic E-state index is 11.8. The summed E-state index contributed by atoms with van der Waals surface area (Å²) in [5.74, 6) is -0.633. The molecule has 0 aliphatic rings. The number of hydrogen-bond acceptors (Lipinski definition) is 3. The molecule has 3 heteroatoms. The van der Waals surface area contributed by atoms with Crippen molar-refractivity contribution >= 4 is 5.97 Å². The van der Waals surface area contributed by atoms with Crippen molar-refractivity contribution in [1.29, 1.82) is 0 Å². The molecule has 0 unspecified atom stereocenters. The van der Waals surface area contributed by atoms with Gasteiger partial charge in [0.05, 0.1) is 0 Å². The smallest absolute Gasteiger partial charge is 0.343 e. The molecule has 0 spiro atoms. The van der Waals surface area contributed by atoms with Crippen LogP contribution >= 0.6 is 0 Å². The minimum atomic E-state index is -1.60. The van der Waals surface area contributed by atoms with Crippen LogP contribution in [-0.4, -0.2) is 16.7 Å². The summed E-state index contributed by atoms with van der Waals surface area (Å²) >= 11 is 0. The Kier molecular flexibility index (Phi) is 3.38. The van der Waals surface area contributed by atoms with Crippen LogP contribution in [-0.2, 0) is 15.1 Å². The lowest BCUT2D eigenvalue weighted by molar-refractivity contribution is -0.176. The third-order valence-electron chi connectivity index (χ3n) is 2.13. The summed E-state index contributed by atoms with van der Waals surface area (Å²) in [6.45, 7) is 6.75. The van der Waals surface area contributed by atoms with E-state index < -0.39 is 17.2 Å². The molecule has 0 radical (unpaired) electrons. The zero-order valence-electron chi connectivity index (χ0n) is 10.2. The van der Waals surface area contributed by atoms with Crippen LogP contribution in [0.5, 0.6) is 0 Å².